The maximum absolute atomic E-state index is 11.8. The standard InChI is InChI=1S/C18H25N3O6/c1-5-26-17(22)12-21(8-9-23-2)11-16-19-18(20-27-16)13-6-7-14(24-3)15(10-13)25-4/h6-7,10H,5,8-9,11-12H2,1-4H3. The second-order valence-electron chi connectivity index (χ2n) is 5.59. The minimum Gasteiger partial charge on any atom is -0.493 e. The largest absolute Gasteiger partial charge is 0.493 e. The van der Waals surface area contributed by atoms with Crippen molar-refractivity contribution in [2.75, 3.05) is 47.6 Å². The zero-order valence-corrected chi connectivity index (χ0v) is 16.1. The number of rotatable bonds is 11. The number of methoxy groups -OCH3 is 3. The maximum Gasteiger partial charge on any atom is 0.320 e. The Labute approximate surface area is 158 Å². The van der Waals surface area contributed by atoms with E-state index in [1.54, 1.807) is 40.4 Å². The van der Waals surface area contributed by atoms with E-state index in [0.29, 0.717) is 49.5 Å². The first-order chi connectivity index (χ1) is 13.1. The molecule has 1 heterocycles. The van der Waals surface area contributed by atoms with Crippen LogP contribution in [0.15, 0.2) is 22.7 Å². The van der Waals surface area contributed by atoms with Crippen molar-refractivity contribution < 1.29 is 28.3 Å². The molecule has 27 heavy (non-hydrogen) atoms. The lowest BCUT2D eigenvalue weighted by Crippen LogP contribution is -2.33. The van der Waals surface area contributed by atoms with Crippen molar-refractivity contribution >= 4 is 5.97 Å². The van der Waals surface area contributed by atoms with E-state index in [9.17, 15) is 4.79 Å². The third kappa shape index (κ3) is 5.93. The Morgan fingerprint density at radius 3 is 2.63 bits per heavy atom. The first-order valence-corrected chi connectivity index (χ1v) is 8.53. The van der Waals surface area contributed by atoms with Crippen molar-refractivity contribution in [1.82, 2.24) is 15.0 Å². The fraction of sp³-hybridized carbons (Fsp3) is 0.500. The van der Waals surface area contributed by atoms with E-state index in [2.05, 4.69) is 10.1 Å². The van der Waals surface area contributed by atoms with Crippen LogP contribution in [0.25, 0.3) is 11.4 Å². The van der Waals surface area contributed by atoms with Gasteiger partial charge in [0, 0.05) is 19.2 Å². The molecule has 2 rings (SSSR count). The molecule has 0 bridgehead atoms. The Morgan fingerprint density at radius 1 is 1.19 bits per heavy atom. The molecule has 0 fully saturated rings. The second-order valence-corrected chi connectivity index (χ2v) is 5.59. The summed E-state index contributed by atoms with van der Waals surface area (Å²) in [6.45, 7) is 3.53. The number of nitrogens with zero attached hydrogens (tertiary/aromatic N) is 3. The highest BCUT2D eigenvalue weighted by Crippen LogP contribution is 2.31. The van der Waals surface area contributed by atoms with Gasteiger partial charge in [-0.15, -0.1) is 0 Å². The molecule has 0 aliphatic carbocycles. The summed E-state index contributed by atoms with van der Waals surface area (Å²) in [6.07, 6.45) is 0. The quantitative estimate of drug-likeness (QED) is 0.541. The van der Waals surface area contributed by atoms with Crippen LogP contribution in [0.5, 0.6) is 11.5 Å². The first kappa shape index (κ1) is 20.7. The van der Waals surface area contributed by atoms with E-state index >= 15 is 0 Å². The van der Waals surface area contributed by atoms with Gasteiger partial charge in [0.25, 0.3) is 0 Å². The van der Waals surface area contributed by atoms with Gasteiger partial charge in [-0.3, -0.25) is 9.69 Å². The molecule has 1 aromatic heterocycles. The lowest BCUT2D eigenvalue weighted by atomic mass is 10.2. The van der Waals surface area contributed by atoms with Crippen molar-refractivity contribution in [3.8, 4) is 22.9 Å². The highest BCUT2D eigenvalue weighted by Gasteiger charge is 2.17. The lowest BCUT2D eigenvalue weighted by Gasteiger charge is -2.18. The summed E-state index contributed by atoms with van der Waals surface area (Å²) >= 11 is 0. The van der Waals surface area contributed by atoms with E-state index in [1.807, 2.05) is 11.0 Å². The summed E-state index contributed by atoms with van der Waals surface area (Å²) in [7, 11) is 4.74. The average Bonchev–Trinajstić information content (AvgIpc) is 3.14. The van der Waals surface area contributed by atoms with Crippen LogP contribution in [0, 0.1) is 0 Å². The van der Waals surface area contributed by atoms with Crippen molar-refractivity contribution in [2.24, 2.45) is 0 Å². The Hall–Kier alpha value is -2.65. The minimum atomic E-state index is -0.312. The summed E-state index contributed by atoms with van der Waals surface area (Å²) in [5.41, 5.74) is 0.733. The predicted molar refractivity (Wildman–Crippen MR) is 96.6 cm³/mol. The van der Waals surface area contributed by atoms with Crippen LogP contribution >= 0.6 is 0 Å². The fourth-order valence-corrected chi connectivity index (χ4v) is 2.43. The highest BCUT2D eigenvalue weighted by atomic mass is 16.5. The van der Waals surface area contributed by atoms with Gasteiger partial charge in [-0.25, -0.2) is 0 Å². The van der Waals surface area contributed by atoms with Crippen LogP contribution in [-0.4, -0.2) is 68.6 Å². The normalized spacial score (nSPS) is 10.9. The summed E-state index contributed by atoms with van der Waals surface area (Å²) in [5.74, 6) is 1.69. The molecule has 0 spiro atoms. The summed E-state index contributed by atoms with van der Waals surface area (Å²) in [5, 5.41) is 4.01. The van der Waals surface area contributed by atoms with E-state index in [4.69, 9.17) is 23.5 Å². The Balaban J connectivity index is 2.11. The maximum atomic E-state index is 11.8. The SMILES string of the molecule is CCOC(=O)CN(CCOC)Cc1nc(-c2ccc(OC)c(OC)c2)no1. The van der Waals surface area contributed by atoms with Gasteiger partial charge in [-0.05, 0) is 25.1 Å². The molecule has 0 N–H and O–H groups in total. The molecule has 9 heteroatoms. The fourth-order valence-electron chi connectivity index (χ4n) is 2.43. The van der Waals surface area contributed by atoms with Crippen molar-refractivity contribution in [1.29, 1.82) is 0 Å². The van der Waals surface area contributed by atoms with Crippen molar-refractivity contribution in [2.45, 2.75) is 13.5 Å². The zero-order chi connectivity index (χ0) is 19.6. The minimum absolute atomic E-state index is 0.116. The van der Waals surface area contributed by atoms with E-state index < -0.39 is 0 Å². The van der Waals surface area contributed by atoms with Crippen LogP contribution < -0.4 is 9.47 Å². The van der Waals surface area contributed by atoms with Crippen LogP contribution in [0.2, 0.25) is 0 Å². The van der Waals surface area contributed by atoms with Gasteiger partial charge in [0.2, 0.25) is 11.7 Å². The smallest absolute Gasteiger partial charge is 0.320 e. The predicted octanol–water partition coefficient (Wildman–Crippen LogP) is 1.77. The Bertz CT molecular complexity index is 734. The van der Waals surface area contributed by atoms with Crippen LogP contribution in [0.4, 0.5) is 0 Å². The summed E-state index contributed by atoms with van der Waals surface area (Å²) in [6, 6.07) is 5.36. The molecule has 0 saturated carbocycles. The van der Waals surface area contributed by atoms with E-state index in [0.717, 1.165) is 5.56 Å². The molecule has 0 amide bonds. The number of ether oxygens (including phenoxy) is 4. The second kappa shape index (κ2) is 10.5. The molecule has 0 unspecified atom stereocenters. The van der Waals surface area contributed by atoms with Gasteiger partial charge in [0.1, 0.15) is 0 Å². The molecular formula is C18H25N3O6. The van der Waals surface area contributed by atoms with Crippen LogP contribution in [0.1, 0.15) is 12.8 Å². The lowest BCUT2D eigenvalue weighted by molar-refractivity contribution is -0.144. The third-order valence-corrected chi connectivity index (χ3v) is 3.74. The number of benzene rings is 1. The highest BCUT2D eigenvalue weighted by molar-refractivity contribution is 5.71. The molecular weight excluding hydrogens is 354 g/mol. The molecule has 2 aromatic rings. The average molecular weight is 379 g/mol. The number of hydrogen-bond donors (Lipinski definition) is 0. The monoisotopic (exact) mass is 379 g/mol. The molecule has 0 radical (unpaired) electrons. The number of esters is 1. The molecule has 0 aliphatic heterocycles. The zero-order valence-electron chi connectivity index (χ0n) is 16.1. The van der Waals surface area contributed by atoms with E-state index in [-0.39, 0.29) is 12.5 Å². The Morgan fingerprint density at radius 2 is 1.96 bits per heavy atom. The molecule has 0 aliphatic rings. The number of carbonyl (C=O) groups is 1. The van der Waals surface area contributed by atoms with Crippen molar-refractivity contribution in [3.05, 3.63) is 24.1 Å². The van der Waals surface area contributed by atoms with Gasteiger partial charge >= 0.3 is 5.97 Å². The number of hydrogen-bond acceptors (Lipinski definition) is 9. The van der Waals surface area contributed by atoms with Crippen LogP contribution in [0.3, 0.4) is 0 Å². The third-order valence-electron chi connectivity index (χ3n) is 3.74. The Kier molecular flexibility index (Phi) is 8.02. The van der Waals surface area contributed by atoms with Gasteiger partial charge in [0.05, 0.1) is 40.5 Å². The number of carbonyl (C=O) groups excluding carboxylic acids is 1. The molecule has 148 valence electrons. The molecule has 0 atom stereocenters. The van der Waals surface area contributed by atoms with E-state index in [1.165, 1.54) is 0 Å². The molecule has 0 saturated heterocycles. The summed E-state index contributed by atoms with van der Waals surface area (Å²) in [4.78, 5) is 18.0. The molecule has 1 aromatic carbocycles. The van der Waals surface area contributed by atoms with Crippen LogP contribution in [-0.2, 0) is 20.8 Å². The van der Waals surface area contributed by atoms with Gasteiger partial charge in [0.15, 0.2) is 11.5 Å². The van der Waals surface area contributed by atoms with Gasteiger partial charge < -0.3 is 23.5 Å². The molecule has 9 nitrogen and oxygen atoms in total. The van der Waals surface area contributed by atoms with Gasteiger partial charge in [-0.1, -0.05) is 5.16 Å². The van der Waals surface area contributed by atoms with Gasteiger partial charge in [-0.2, -0.15) is 4.98 Å². The summed E-state index contributed by atoms with van der Waals surface area (Å²) < 4.78 is 25.9. The number of aromatic nitrogens is 2. The first-order valence-electron chi connectivity index (χ1n) is 8.53. The van der Waals surface area contributed by atoms with Crippen molar-refractivity contribution in [3.63, 3.8) is 0 Å². The topological polar surface area (TPSA) is 96.2 Å².